The second-order valence-electron chi connectivity index (χ2n) is 6.96. The van der Waals surface area contributed by atoms with Gasteiger partial charge in [-0.3, -0.25) is 4.79 Å². The largest absolute Gasteiger partial charge is 0.349 e. The van der Waals surface area contributed by atoms with Crippen LogP contribution in [0.3, 0.4) is 0 Å². The molecule has 0 radical (unpaired) electrons. The molecular weight excluding hydrogens is 360 g/mol. The van der Waals surface area contributed by atoms with Crippen LogP contribution in [-0.2, 0) is 14.8 Å². The highest BCUT2D eigenvalue weighted by molar-refractivity contribution is 7.89. The molecule has 6 heteroatoms. The minimum Gasteiger partial charge on any atom is -0.349 e. The number of rotatable bonds is 8. The summed E-state index contributed by atoms with van der Waals surface area (Å²) in [5, 5.41) is 3.13. The Kier molecular flexibility index (Phi) is 6.63. The Hall–Kier alpha value is -2.18. The minimum absolute atomic E-state index is 0.00747. The summed E-state index contributed by atoms with van der Waals surface area (Å²) < 4.78 is 26.9. The Morgan fingerprint density at radius 1 is 0.963 bits per heavy atom. The van der Waals surface area contributed by atoms with Crippen LogP contribution < -0.4 is 10.0 Å². The fourth-order valence-electron chi connectivity index (χ4n) is 3.65. The lowest BCUT2D eigenvalue weighted by atomic mass is 9.91. The van der Waals surface area contributed by atoms with Gasteiger partial charge in [-0.2, -0.15) is 0 Å². The predicted molar refractivity (Wildman–Crippen MR) is 106 cm³/mol. The maximum absolute atomic E-state index is 12.5. The van der Waals surface area contributed by atoms with Gasteiger partial charge in [-0.1, -0.05) is 61.4 Å². The minimum atomic E-state index is -3.58. The van der Waals surface area contributed by atoms with Crippen LogP contribution in [0.1, 0.15) is 43.7 Å². The number of sulfonamides is 1. The average Bonchev–Trinajstić information content (AvgIpc) is 3.22. The molecule has 2 aromatic rings. The molecular formula is C21H26N2O3S. The van der Waals surface area contributed by atoms with E-state index in [1.807, 2.05) is 30.3 Å². The van der Waals surface area contributed by atoms with E-state index in [9.17, 15) is 13.2 Å². The first-order chi connectivity index (χ1) is 13.1. The summed E-state index contributed by atoms with van der Waals surface area (Å²) in [7, 11) is -3.58. The van der Waals surface area contributed by atoms with E-state index >= 15 is 0 Å². The van der Waals surface area contributed by atoms with Crippen LogP contribution >= 0.6 is 0 Å². The molecule has 1 fully saturated rings. The number of nitrogens with one attached hydrogen (secondary N) is 2. The van der Waals surface area contributed by atoms with E-state index in [2.05, 4.69) is 10.0 Å². The van der Waals surface area contributed by atoms with E-state index in [1.165, 1.54) is 25.0 Å². The second kappa shape index (κ2) is 9.15. The maximum Gasteiger partial charge on any atom is 0.240 e. The lowest BCUT2D eigenvalue weighted by molar-refractivity contribution is -0.122. The van der Waals surface area contributed by atoms with Gasteiger partial charge in [0, 0.05) is 13.0 Å². The number of amides is 1. The Bertz CT molecular complexity index is 832. The van der Waals surface area contributed by atoms with Crippen molar-refractivity contribution in [1.82, 2.24) is 10.0 Å². The Morgan fingerprint density at radius 2 is 1.56 bits per heavy atom. The Labute approximate surface area is 161 Å². The van der Waals surface area contributed by atoms with Crippen LogP contribution in [-0.4, -0.2) is 20.9 Å². The van der Waals surface area contributed by atoms with E-state index in [0.29, 0.717) is 5.92 Å². The number of carbonyl (C=O) groups is 1. The molecule has 3 rings (SSSR count). The van der Waals surface area contributed by atoms with Crippen molar-refractivity contribution in [2.75, 3.05) is 6.54 Å². The molecule has 1 unspecified atom stereocenters. The average molecular weight is 387 g/mol. The molecule has 0 aromatic heterocycles. The maximum atomic E-state index is 12.5. The summed E-state index contributed by atoms with van der Waals surface area (Å²) >= 11 is 0. The summed E-state index contributed by atoms with van der Waals surface area (Å²) in [5.74, 6) is 0.309. The first-order valence-electron chi connectivity index (χ1n) is 9.45. The normalized spacial score (nSPS) is 16.1. The highest BCUT2D eigenvalue weighted by Gasteiger charge is 2.27. The molecule has 1 amide bonds. The molecule has 0 heterocycles. The van der Waals surface area contributed by atoms with E-state index in [0.717, 1.165) is 18.4 Å². The van der Waals surface area contributed by atoms with E-state index in [4.69, 9.17) is 0 Å². The van der Waals surface area contributed by atoms with Crippen LogP contribution in [0.2, 0.25) is 0 Å². The molecule has 144 valence electrons. The molecule has 0 bridgehead atoms. The van der Waals surface area contributed by atoms with Crippen LogP contribution in [0.5, 0.6) is 0 Å². The number of hydrogen-bond acceptors (Lipinski definition) is 3. The fourth-order valence-corrected chi connectivity index (χ4v) is 4.70. The number of carbonyl (C=O) groups excluding carboxylic acids is 1. The Balaban J connectivity index is 1.57. The van der Waals surface area contributed by atoms with E-state index in [-0.39, 0.29) is 29.8 Å². The van der Waals surface area contributed by atoms with Gasteiger partial charge in [0.1, 0.15) is 0 Å². The van der Waals surface area contributed by atoms with Crippen molar-refractivity contribution in [2.24, 2.45) is 5.92 Å². The SMILES string of the molecule is O=C(CCNS(=O)(=O)c1ccccc1)NC(c1ccccc1)C1CCCC1. The van der Waals surface area contributed by atoms with E-state index < -0.39 is 10.0 Å². The monoisotopic (exact) mass is 386 g/mol. The van der Waals surface area contributed by atoms with Crippen molar-refractivity contribution >= 4 is 15.9 Å². The molecule has 2 aromatic carbocycles. The van der Waals surface area contributed by atoms with Crippen LogP contribution in [0.15, 0.2) is 65.6 Å². The van der Waals surface area contributed by atoms with Crippen LogP contribution in [0, 0.1) is 5.92 Å². The summed E-state index contributed by atoms with van der Waals surface area (Å²) in [6, 6.07) is 18.2. The van der Waals surface area contributed by atoms with Gasteiger partial charge in [-0.15, -0.1) is 0 Å². The van der Waals surface area contributed by atoms with Gasteiger partial charge in [0.05, 0.1) is 10.9 Å². The topological polar surface area (TPSA) is 75.3 Å². The highest BCUT2D eigenvalue weighted by Crippen LogP contribution is 2.35. The van der Waals surface area contributed by atoms with Gasteiger partial charge >= 0.3 is 0 Å². The van der Waals surface area contributed by atoms with Crippen molar-refractivity contribution in [3.8, 4) is 0 Å². The first-order valence-corrected chi connectivity index (χ1v) is 10.9. The summed E-state index contributed by atoms with van der Waals surface area (Å²) in [6.07, 6.45) is 4.73. The van der Waals surface area contributed by atoms with Crippen molar-refractivity contribution in [1.29, 1.82) is 0 Å². The van der Waals surface area contributed by atoms with Gasteiger partial charge in [0.2, 0.25) is 15.9 Å². The highest BCUT2D eigenvalue weighted by atomic mass is 32.2. The van der Waals surface area contributed by atoms with Crippen molar-refractivity contribution in [3.63, 3.8) is 0 Å². The van der Waals surface area contributed by atoms with Crippen molar-refractivity contribution < 1.29 is 13.2 Å². The third-order valence-electron chi connectivity index (χ3n) is 5.04. The van der Waals surface area contributed by atoms with E-state index in [1.54, 1.807) is 18.2 Å². The smallest absolute Gasteiger partial charge is 0.240 e. The van der Waals surface area contributed by atoms with Crippen LogP contribution in [0.25, 0.3) is 0 Å². The third-order valence-corrected chi connectivity index (χ3v) is 6.52. The van der Waals surface area contributed by atoms with Crippen LogP contribution in [0.4, 0.5) is 0 Å². The standard InChI is InChI=1S/C21H26N2O3S/c24-20(15-16-22-27(25,26)19-13-5-2-6-14-19)23-21(18-11-7-8-12-18)17-9-3-1-4-10-17/h1-6,9-10,13-14,18,21-22H,7-8,11-12,15-16H2,(H,23,24). The molecule has 0 spiro atoms. The summed E-state index contributed by atoms with van der Waals surface area (Å²) in [4.78, 5) is 12.7. The molecule has 0 aliphatic heterocycles. The summed E-state index contributed by atoms with van der Waals surface area (Å²) in [6.45, 7) is 0.0786. The lowest BCUT2D eigenvalue weighted by Gasteiger charge is -2.25. The van der Waals surface area contributed by atoms with Gasteiger partial charge in [0.25, 0.3) is 0 Å². The molecule has 1 aliphatic rings. The number of benzene rings is 2. The molecule has 0 saturated heterocycles. The van der Waals surface area contributed by atoms with Gasteiger partial charge in [-0.25, -0.2) is 13.1 Å². The molecule has 1 saturated carbocycles. The first kappa shape index (κ1) is 19.6. The zero-order chi connectivity index (χ0) is 19.1. The van der Waals surface area contributed by atoms with Crippen molar-refractivity contribution in [3.05, 3.63) is 66.2 Å². The molecule has 1 atom stereocenters. The van der Waals surface area contributed by atoms with Gasteiger partial charge < -0.3 is 5.32 Å². The molecule has 2 N–H and O–H groups in total. The van der Waals surface area contributed by atoms with Gasteiger partial charge in [0.15, 0.2) is 0 Å². The zero-order valence-electron chi connectivity index (χ0n) is 15.3. The van der Waals surface area contributed by atoms with Gasteiger partial charge in [-0.05, 0) is 36.5 Å². The predicted octanol–water partition coefficient (Wildman–Crippen LogP) is 3.40. The number of hydrogen-bond donors (Lipinski definition) is 2. The quantitative estimate of drug-likeness (QED) is 0.730. The molecule has 5 nitrogen and oxygen atoms in total. The fraction of sp³-hybridized carbons (Fsp3) is 0.381. The zero-order valence-corrected chi connectivity index (χ0v) is 16.1. The second-order valence-corrected chi connectivity index (χ2v) is 8.73. The molecule has 27 heavy (non-hydrogen) atoms. The van der Waals surface area contributed by atoms with Crippen molar-refractivity contribution in [2.45, 2.75) is 43.0 Å². The Morgan fingerprint density at radius 3 is 2.19 bits per heavy atom. The summed E-state index contributed by atoms with van der Waals surface area (Å²) in [5.41, 5.74) is 1.11. The molecule has 1 aliphatic carbocycles. The lowest BCUT2D eigenvalue weighted by Crippen LogP contribution is -2.35. The third kappa shape index (κ3) is 5.40.